The highest BCUT2D eigenvalue weighted by molar-refractivity contribution is 5.49. The van der Waals surface area contributed by atoms with Gasteiger partial charge in [-0.1, -0.05) is 12.1 Å². The van der Waals surface area contributed by atoms with Gasteiger partial charge in [0.15, 0.2) is 0 Å². The Balaban J connectivity index is 1.96. The zero-order valence-corrected chi connectivity index (χ0v) is 12.1. The van der Waals surface area contributed by atoms with Gasteiger partial charge in [-0.05, 0) is 29.3 Å². The van der Waals surface area contributed by atoms with Gasteiger partial charge in [-0.3, -0.25) is 4.98 Å². The Hall–Kier alpha value is -1.98. The first kappa shape index (κ1) is 15.4. The lowest BCUT2D eigenvalue weighted by molar-refractivity contribution is 0.303. The molecule has 1 aromatic carbocycles. The van der Waals surface area contributed by atoms with E-state index in [0.717, 1.165) is 11.1 Å². The van der Waals surface area contributed by atoms with E-state index in [-0.39, 0.29) is 12.4 Å². The minimum absolute atomic E-state index is 0.000571. The Kier molecular flexibility index (Phi) is 5.66. The molecule has 2 rings (SSSR count). The van der Waals surface area contributed by atoms with Gasteiger partial charge in [-0.25, -0.2) is 4.39 Å². The predicted molar refractivity (Wildman–Crippen MR) is 81.5 cm³/mol. The summed E-state index contributed by atoms with van der Waals surface area (Å²) in [5.74, 6) is -0.276. The third kappa shape index (κ3) is 4.51. The summed E-state index contributed by atoms with van der Waals surface area (Å²) in [5, 5.41) is 12.2. The summed E-state index contributed by atoms with van der Waals surface area (Å²) in [6, 6.07) is 8.94. The molecule has 112 valence electrons. The van der Waals surface area contributed by atoms with E-state index in [4.69, 9.17) is 5.11 Å². The minimum atomic E-state index is -0.276. The normalized spacial score (nSPS) is 10.6. The van der Waals surface area contributed by atoms with Gasteiger partial charge < -0.3 is 15.3 Å². The van der Waals surface area contributed by atoms with Gasteiger partial charge in [-0.15, -0.1) is 0 Å². The van der Waals surface area contributed by atoms with Crippen molar-refractivity contribution in [3.05, 3.63) is 59.7 Å². The van der Waals surface area contributed by atoms with Crippen molar-refractivity contribution in [3.63, 3.8) is 0 Å². The number of nitrogens with one attached hydrogen (secondary N) is 1. The number of hydrogen-bond acceptors (Lipinski definition) is 4. The van der Waals surface area contributed by atoms with E-state index in [1.807, 2.05) is 18.3 Å². The Bertz CT molecular complexity index is 563. The van der Waals surface area contributed by atoms with Crippen LogP contribution >= 0.6 is 0 Å². The molecule has 0 atom stereocenters. The maximum atomic E-state index is 13.8. The molecule has 0 spiro atoms. The maximum absolute atomic E-state index is 13.8. The Morgan fingerprint density at radius 1 is 1.24 bits per heavy atom. The number of hydrogen-bond donors (Lipinski definition) is 2. The lowest BCUT2D eigenvalue weighted by Crippen LogP contribution is -2.22. The molecule has 0 fully saturated rings. The molecular formula is C16H20FN3O. The summed E-state index contributed by atoms with van der Waals surface area (Å²) in [5.41, 5.74) is 2.61. The lowest BCUT2D eigenvalue weighted by Gasteiger charge is -2.19. The second-order valence-corrected chi connectivity index (χ2v) is 4.90. The Morgan fingerprint density at radius 3 is 2.76 bits per heavy atom. The molecule has 1 aromatic heterocycles. The van der Waals surface area contributed by atoms with Gasteiger partial charge in [0, 0.05) is 39.1 Å². The molecule has 0 saturated carbocycles. The van der Waals surface area contributed by atoms with Crippen LogP contribution in [0.5, 0.6) is 0 Å². The molecular weight excluding hydrogens is 269 g/mol. The zero-order chi connectivity index (χ0) is 15.1. The minimum Gasteiger partial charge on any atom is -0.395 e. The number of anilines is 1. The molecule has 0 radical (unpaired) electrons. The smallest absolute Gasteiger partial charge is 0.146 e. The standard InChI is InChI=1S/C16H20FN3O/c1-20(7-8-21)16-9-13(4-5-15(16)17)10-19-12-14-3-2-6-18-11-14/h2-6,9,11,19,21H,7-8,10,12H2,1H3. The summed E-state index contributed by atoms with van der Waals surface area (Å²) in [6.45, 7) is 1.77. The van der Waals surface area contributed by atoms with Crippen molar-refractivity contribution in [3.8, 4) is 0 Å². The van der Waals surface area contributed by atoms with Crippen molar-refractivity contribution < 1.29 is 9.50 Å². The molecule has 0 saturated heterocycles. The van der Waals surface area contributed by atoms with Crippen LogP contribution in [0.15, 0.2) is 42.7 Å². The molecule has 0 amide bonds. The number of halogens is 1. The summed E-state index contributed by atoms with van der Waals surface area (Å²) >= 11 is 0. The topological polar surface area (TPSA) is 48.4 Å². The van der Waals surface area contributed by atoms with Crippen molar-refractivity contribution in [1.82, 2.24) is 10.3 Å². The maximum Gasteiger partial charge on any atom is 0.146 e. The predicted octanol–water partition coefficient (Wildman–Crippen LogP) is 1.94. The molecule has 0 aliphatic rings. The van der Waals surface area contributed by atoms with Gasteiger partial charge in [-0.2, -0.15) is 0 Å². The first-order valence-electron chi connectivity index (χ1n) is 6.90. The number of nitrogens with zero attached hydrogens (tertiary/aromatic N) is 2. The SMILES string of the molecule is CN(CCO)c1cc(CNCc2cccnc2)ccc1F. The molecule has 0 bridgehead atoms. The van der Waals surface area contributed by atoms with Gasteiger partial charge in [0.1, 0.15) is 5.82 Å². The highest BCUT2D eigenvalue weighted by Crippen LogP contribution is 2.19. The highest BCUT2D eigenvalue weighted by atomic mass is 19.1. The number of likely N-dealkylation sites (N-methyl/N-ethyl adjacent to an activating group) is 1. The van der Waals surface area contributed by atoms with E-state index < -0.39 is 0 Å². The van der Waals surface area contributed by atoms with E-state index in [1.54, 1.807) is 30.3 Å². The van der Waals surface area contributed by atoms with E-state index in [9.17, 15) is 4.39 Å². The molecule has 0 aliphatic carbocycles. The largest absolute Gasteiger partial charge is 0.395 e. The number of benzene rings is 1. The molecule has 4 nitrogen and oxygen atoms in total. The fraction of sp³-hybridized carbons (Fsp3) is 0.312. The fourth-order valence-corrected chi connectivity index (χ4v) is 2.09. The van der Waals surface area contributed by atoms with Crippen molar-refractivity contribution in [1.29, 1.82) is 0 Å². The lowest BCUT2D eigenvalue weighted by atomic mass is 10.1. The van der Waals surface area contributed by atoms with Crippen LogP contribution in [-0.4, -0.2) is 30.3 Å². The molecule has 1 heterocycles. The van der Waals surface area contributed by atoms with Gasteiger partial charge in [0.25, 0.3) is 0 Å². The van der Waals surface area contributed by atoms with Crippen LogP contribution in [-0.2, 0) is 13.1 Å². The van der Waals surface area contributed by atoms with Crippen LogP contribution < -0.4 is 10.2 Å². The van der Waals surface area contributed by atoms with Crippen molar-refractivity contribution >= 4 is 5.69 Å². The molecule has 0 unspecified atom stereocenters. The first-order chi connectivity index (χ1) is 10.2. The van der Waals surface area contributed by atoms with E-state index in [0.29, 0.717) is 25.3 Å². The van der Waals surface area contributed by atoms with E-state index in [1.165, 1.54) is 6.07 Å². The third-order valence-electron chi connectivity index (χ3n) is 3.24. The summed E-state index contributed by atoms with van der Waals surface area (Å²) < 4.78 is 13.8. The van der Waals surface area contributed by atoms with Gasteiger partial charge in [0.05, 0.1) is 12.3 Å². The summed E-state index contributed by atoms with van der Waals surface area (Å²) in [4.78, 5) is 5.77. The number of aliphatic hydroxyl groups is 1. The fourth-order valence-electron chi connectivity index (χ4n) is 2.09. The van der Waals surface area contributed by atoms with E-state index in [2.05, 4.69) is 10.3 Å². The first-order valence-corrected chi connectivity index (χ1v) is 6.90. The van der Waals surface area contributed by atoms with Crippen molar-refractivity contribution in [2.24, 2.45) is 0 Å². The van der Waals surface area contributed by atoms with Crippen LogP contribution in [0.1, 0.15) is 11.1 Å². The second-order valence-electron chi connectivity index (χ2n) is 4.90. The average Bonchev–Trinajstić information content (AvgIpc) is 2.50. The third-order valence-corrected chi connectivity index (χ3v) is 3.24. The van der Waals surface area contributed by atoms with E-state index >= 15 is 0 Å². The monoisotopic (exact) mass is 289 g/mol. The van der Waals surface area contributed by atoms with Gasteiger partial charge >= 0.3 is 0 Å². The molecule has 5 heteroatoms. The molecule has 2 aromatic rings. The molecule has 21 heavy (non-hydrogen) atoms. The van der Waals surface area contributed by atoms with Crippen molar-refractivity contribution in [2.45, 2.75) is 13.1 Å². The summed E-state index contributed by atoms with van der Waals surface area (Å²) in [7, 11) is 1.77. The van der Waals surface area contributed by atoms with Gasteiger partial charge in [0.2, 0.25) is 0 Å². The second kappa shape index (κ2) is 7.71. The van der Waals surface area contributed by atoms with Crippen LogP contribution in [0.4, 0.5) is 10.1 Å². The van der Waals surface area contributed by atoms with Crippen LogP contribution in [0.25, 0.3) is 0 Å². The number of pyridine rings is 1. The number of rotatable bonds is 7. The van der Waals surface area contributed by atoms with Crippen LogP contribution in [0.3, 0.4) is 0 Å². The Morgan fingerprint density at radius 2 is 2.05 bits per heavy atom. The highest BCUT2D eigenvalue weighted by Gasteiger charge is 2.08. The zero-order valence-electron chi connectivity index (χ0n) is 12.1. The quantitative estimate of drug-likeness (QED) is 0.818. The van der Waals surface area contributed by atoms with Crippen LogP contribution in [0, 0.1) is 5.82 Å². The average molecular weight is 289 g/mol. The number of aliphatic hydroxyl groups excluding tert-OH is 1. The summed E-state index contributed by atoms with van der Waals surface area (Å²) in [6.07, 6.45) is 3.56. The van der Waals surface area contributed by atoms with Crippen LogP contribution in [0.2, 0.25) is 0 Å². The number of aromatic nitrogens is 1. The molecule has 2 N–H and O–H groups in total. The Labute approximate surface area is 124 Å². The van der Waals surface area contributed by atoms with Crippen molar-refractivity contribution in [2.75, 3.05) is 25.1 Å². The molecule has 0 aliphatic heterocycles.